The highest BCUT2D eigenvalue weighted by Gasteiger charge is 2.43. The van der Waals surface area contributed by atoms with E-state index in [9.17, 15) is 0 Å². The Bertz CT molecular complexity index is 628. The van der Waals surface area contributed by atoms with Crippen molar-refractivity contribution in [3.8, 4) is 0 Å². The molecule has 1 N–H and O–H groups in total. The Hall–Kier alpha value is -1.75. The van der Waals surface area contributed by atoms with Crippen LogP contribution in [0.25, 0.3) is 11.2 Å². The SMILES string of the molecule is CCC1C2CNCC2CN1c1ccc2nccnc2n1. The Morgan fingerprint density at radius 1 is 1.25 bits per heavy atom. The minimum absolute atomic E-state index is 0.594. The van der Waals surface area contributed by atoms with Crippen molar-refractivity contribution in [1.29, 1.82) is 0 Å². The maximum absolute atomic E-state index is 4.71. The first-order valence-electron chi connectivity index (χ1n) is 7.42. The number of aromatic nitrogens is 3. The molecule has 2 aliphatic rings. The third kappa shape index (κ3) is 1.77. The molecule has 0 spiro atoms. The van der Waals surface area contributed by atoms with Gasteiger partial charge in [-0.25, -0.2) is 9.97 Å². The monoisotopic (exact) mass is 269 g/mol. The molecule has 2 aliphatic heterocycles. The lowest BCUT2D eigenvalue weighted by Gasteiger charge is -2.27. The zero-order valence-electron chi connectivity index (χ0n) is 11.7. The molecule has 2 aromatic heterocycles. The van der Waals surface area contributed by atoms with Gasteiger partial charge in [0.2, 0.25) is 0 Å². The molecule has 4 rings (SSSR count). The molecule has 3 atom stereocenters. The van der Waals surface area contributed by atoms with E-state index in [1.165, 1.54) is 6.42 Å². The van der Waals surface area contributed by atoms with E-state index in [4.69, 9.17) is 4.98 Å². The maximum atomic E-state index is 4.71. The molecule has 4 heterocycles. The Morgan fingerprint density at radius 2 is 2.15 bits per heavy atom. The molecule has 3 unspecified atom stereocenters. The average molecular weight is 269 g/mol. The summed E-state index contributed by atoms with van der Waals surface area (Å²) in [5.74, 6) is 2.58. The van der Waals surface area contributed by atoms with Crippen molar-refractivity contribution in [2.75, 3.05) is 24.5 Å². The second-order valence-electron chi connectivity index (χ2n) is 5.78. The van der Waals surface area contributed by atoms with Crippen LogP contribution in [0, 0.1) is 11.8 Å². The molecule has 0 aromatic carbocycles. The third-order valence-electron chi connectivity index (χ3n) is 4.75. The number of pyridine rings is 1. The minimum Gasteiger partial charge on any atom is -0.353 e. The first-order chi connectivity index (χ1) is 9.86. The van der Waals surface area contributed by atoms with Crippen LogP contribution in [0.5, 0.6) is 0 Å². The molecule has 104 valence electrons. The molecule has 2 aromatic rings. The Morgan fingerprint density at radius 3 is 3.05 bits per heavy atom. The highest BCUT2D eigenvalue weighted by Crippen LogP contribution is 2.36. The van der Waals surface area contributed by atoms with E-state index in [1.54, 1.807) is 12.4 Å². The molecule has 20 heavy (non-hydrogen) atoms. The predicted octanol–water partition coefficient (Wildman–Crippen LogP) is 1.46. The second kappa shape index (κ2) is 4.66. The molecule has 0 aliphatic carbocycles. The molecule has 0 bridgehead atoms. The summed E-state index contributed by atoms with van der Waals surface area (Å²) in [6.45, 7) is 5.67. The summed E-state index contributed by atoms with van der Waals surface area (Å²) in [7, 11) is 0. The zero-order chi connectivity index (χ0) is 13.5. The molecule has 0 amide bonds. The highest BCUT2D eigenvalue weighted by molar-refractivity contribution is 5.71. The predicted molar refractivity (Wildman–Crippen MR) is 78.6 cm³/mol. The molecule has 2 saturated heterocycles. The average Bonchev–Trinajstić information content (AvgIpc) is 3.07. The third-order valence-corrected chi connectivity index (χ3v) is 4.75. The van der Waals surface area contributed by atoms with Gasteiger partial charge in [-0.2, -0.15) is 0 Å². The van der Waals surface area contributed by atoms with Crippen LogP contribution < -0.4 is 10.2 Å². The fraction of sp³-hybridized carbons (Fsp3) is 0.533. The molecule has 0 radical (unpaired) electrons. The number of nitrogens with zero attached hydrogens (tertiary/aromatic N) is 4. The first-order valence-corrected chi connectivity index (χ1v) is 7.42. The van der Waals surface area contributed by atoms with Crippen LogP contribution in [-0.2, 0) is 0 Å². The van der Waals surface area contributed by atoms with Crippen LogP contribution in [0.3, 0.4) is 0 Å². The maximum Gasteiger partial charge on any atom is 0.180 e. The van der Waals surface area contributed by atoms with Crippen molar-refractivity contribution >= 4 is 17.0 Å². The van der Waals surface area contributed by atoms with Crippen LogP contribution >= 0.6 is 0 Å². The van der Waals surface area contributed by atoms with Crippen LogP contribution in [0.1, 0.15) is 13.3 Å². The van der Waals surface area contributed by atoms with Crippen molar-refractivity contribution in [3.05, 3.63) is 24.5 Å². The highest BCUT2D eigenvalue weighted by atomic mass is 15.3. The van der Waals surface area contributed by atoms with Crippen LogP contribution in [0.15, 0.2) is 24.5 Å². The molecule has 0 saturated carbocycles. The summed E-state index contributed by atoms with van der Waals surface area (Å²) >= 11 is 0. The normalized spacial score (nSPS) is 29.1. The lowest BCUT2D eigenvalue weighted by molar-refractivity contribution is 0.441. The molecule has 2 fully saturated rings. The summed E-state index contributed by atoms with van der Waals surface area (Å²) in [5.41, 5.74) is 1.61. The second-order valence-corrected chi connectivity index (χ2v) is 5.78. The zero-order valence-corrected chi connectivity index (χ0v) is 11.7. The van der Waals surface area contributed by atoms with Gasteiger partial charge in [-0.15, -0.1) is 0 Å². The van der Waals surface area contributed by atoms with Crippen LogP contribution in [0.2, 0.25) is 0 Å². The Kier molecular flexibility index (Phi) is 2.80. The van der Waals surface area contributed by atoms with Gasteiger partial charge in [0.05, 0.1) is 0 Å². The molecular formula is C15H19N5. The fourth-order valence-electron chi connectivity index (χ4n) is 3.81. The largest absolute Gasteiger partial charge is 0.353 e. The van der Waals surface area contributed by atoms with E-state index < -0.39 is 0 Å². The lowest BCUT2D eigenvalue weighted by Crippen LogP contribution is -2.35. The lowest BCUT2D eigenvalue weighted by atomic mass is 9.93. The summed E-state index contributed by atoms with van der Waals surface area (Å²) < 4.78 is 0. The van der Waals surface area contributed by atoms with Crippen LogP contribution in [0.4, 0.5) is 5.82 Å². The number of anilines is 1. The fourth-order valence-corrected chi connectivity index (χ4v) is 3.81. The van der Waals surface area contributed by atoms with E-state index in [2.05, 4.69) is 33.2 Å². The van der Waals surface area contributed by atoms with E-state index in [-0.39, 0.29) is 0 Å². The van der Waals surface area contributed by atoms with Gasteiger partial charge in [-0.1, -0.05) is 6.92 Å². The van der Waals surface area contributed by atoms with Crippen molar-refractivity contribution in [2.45, 2.75) is 19.4 Å². The number of fused-ring (bicyclic) bond motifs is 2. The van der Waals surface area contributed by atoms with E-state index >= 15 is 0 Å². The number of rotatable bonds is 2. The number of hydrogen-bond donors (Lipinski definition) is 1. The van der Waals surface area contributed by atoms with Gasteiger partial charge in [0.15, 0.2) is 5.65 Å². The number of hydrogen-bond acceptors (Lipinski definition) is 5. The van der Waals surface area contributed by atoms with E-state index in [1.807, 2.05) is 6.07 Å². The van der Waals surface area contributed by atoms with Crippen molar-refractivity contribution in [2.24, 2.45) is 11.8 Å². The van der Waals surface area contributed by atoms with Gasteiger partial charge in [0.1, 0.15) is 11.3 Å². The van der Waals surface area contributed by atoms with Gasteiger partial charge in [0.25, 0.3) is 0 Å². The van der Waals surface area contributed by atoms with Crippen molar-refractivity contribution in [3.63, 3.8) is 0 Å². The van der Waals surface area contributed by atoms with E-state index in [0.717, 1.165) is 48.5 Å². The van der Waals surface area contributed by atoms with Gasteiger partial charge < -0.3 is 10.2 Å². The summed E-state index contributed by atoms with van der Waals surface area (Å²) in [5, 5.41) is 3.52. The van der Waals surface area contributed by atoms with Gasteiger partial charge in [-0.3, -0.25) is 4.98 Å². The smallest absolute Gasteiger partial charge is 0.180 e. The van der Waals surface area contributed by atoms with Crippen molar-refractivity contribution < 1.29 is 0 Å². The molecule has 5 nitrogen and oxygen atoms in total. The van der Waals surface area contributed by atoms with Crippen LogP contribution in [-0.4, -0.2) is 40.6 Å². The first kappa shape index (κ1) is 12.0. The van der Waals surface area contributed by atoms with Crippen molar-refractivity contribution in [1.82, 2.24) is 20.3 Å². The summed E-state index contributed by atoms with van der Waals surface area (Å²) in [6.07, 6.45) is 4.59. The molecular weight excluding hydrogens is 250 g/mol. The quantitative estimate of drug-likeness (QED) is 0.894. The minimum atomic E-state index is 0.594. The van der Waals surface area contributed by atoms with Gasteiger partial charge in [-0.05, 0) is 30.4 Å². The van der Waals surface area contributed by atoms with E-state index in [0.29, 0.717) is 6.04 Å². The topological polar surface area (TPSA) is 53.9 Å². The van der Waals surface area contributed by atoms with Gasteiger partial charge in [0, 0.05) is 38.1 Å². The number of nitrogens with one attached hydrogen (secondary N) is 1. The Labute approximate surface area is 118 Å². The van der Waals surface area contributed by atoms with Gasteiger partial charge >= 0.3 is 0 Å². The molecule has 5 heteroatoms. The Balaban J connectivity index is 1.71. The summed E-state index contributed by atoms with van der Waals surface area (Å²) in [6, 6.07) is 4.72. The standard InChI is InChI=1S/C15H19N5/c1-2-13-11-8-16-7-10(11)9-20(13)14-4-3-12-15(19-14)18-6-5-17-12/h3-6,10-11,13,16H,2,7-9H2,1H3. The summed E-state index contributed by atoms with van der Waals surface area (Å²) in [4.78, 5) is 15.8.